The van der Waals surface area contributed by atoms with Gasteiger partial charge in [0, 0.05) is 19.8 Å². The van der Waals surface area contributed by atoms with Gasteiger partial charge in [0.25, 0.3) is 0 Å². The molecule has 1 aliphatic carbocycles. The summed E-state index contributed by atoms with van der Waals surface area (Å²) in [6.07, 6.45) is 7.14. The van der Waals surface area contributed by atoms with E-state index >= 15 is 0 Å². The first-order valence-corrected chi connectivity index (χ1v) is 6.27. The van der Waals surface area contributed by atoms with Crippen molar-refractivity contribution in [2.75, 3.05) is 6.54 Å². The standard InChI is InChI=1S/C12H22N2O2/c1-3-4-10-13-14-12(16-11(2)15)8-6-5-7-9-12/h3-10H2,1-2H3. The fraction of sp³-hybridized carbons (Fsp3) is 0.917. The third-order valence-electron chi connectivity index (χ3n) is 2.83. The number of ether oxygens (including phenoxy) is 1. The van der Waals surface area contributed by atoms with Crippen molar-refractivity contribution in [3.8, 4) is 0 Å². The lowest BCUT2D eigenvalue weighted by atomic mass is 9.92. The zero-order chi connectivity index (χ0) is 11.9. The molecule has 0 radical (unpaired) electrons. The van der Waals surface area contributed by atoms with Gasteiger partial charge in [0.05, 0.1) is 6.54 Å². The topological polar surface area (TPSA) is 51.0 Å². The molecule has 1 rings (SSSR count). The molecule has 4 nitrogen and oxygen atoms in total. The monoisotopic (exact) mass is 226 g/mol. The summed E-state index contributed by atoms with van der Waals surface area (Å²) in [4.78, 5) is 11.1. The van der Waals surface area contributed by atoms with Crippen molar-refractivity contribution >= 4 is 5.97 Å². The zero-order valence-corrected chi connectivity index (χ0v) is 10.4. The smallest absolute Gasteiger partial charge is 0.304 e. The molecule has 0 heterocycles. The minimum atomic E-state index is -0.641. The fourth-order valence-corrected chi connectivity index (χ4v) is 2.00. The number of carbonyl (C=O) groups excluding carboxylic acids is 1. The van der Waals surface area contributed by atoms with E-state index in [1.165, 1.54) is 13.3 Å². The van der Waals surface area contributed by atoms with E-state index in [1.54, 1.807) is 0 Å². The molecule has 0 aromatic carbocycles. The maximum atomic E-state index is 11.1. The van der Waals surface area contributed by atoms with Gasteiger partial charge < -0.3 is 4.74 Å². The maximum Gasteiger partial charge on any atom is 0.304 e. The lowest BCUT2D eigenvalue weighted by Gasteiger charge is -2.31. The molecule has 0 atom stereocenters. The van der Waals surface area contributed by atoms with E-state index in [0.29, 0.717) is 0 Å². The predicted octanol–water partition coefficient (Wildman–Crippen LogP) is 3.46. The second-order valence-corrected chi connectivity index (χ2v) is 4.42. The molecule has 0 bridgehead atoms. The second kappa shape index (κ2) is 6.61. The van der Waals surface area contributed by atoms with Crippen LogP contribution in [-0.2, 0) is 9.53 Å². The molecular formula is C12H22N2O2. The number of esters is 1. The highest BCUT2D eigenvalue weighted by Crippen LogP contribution is 2.33. The van der Waals surface area contributed by atoms with Gasteiger partial charge in [-0.15, -0.1) is 5.11 Å². The molecule has 0 aliphatic heterocycles. The molecule has 1 fully saturated rings. The van der Waals surface area contributed by atoms with E-state index in [0.717, 1.165) is 45.1 Å². The van der Waals surface area contributed by atoms with Gasteiger partial charge in [0.1, 0.15) is 0 Å². The SMILES string of the molecule is CCCCN=NC1(OC(C)=O)CCCCC1. The Morgan fingerprint density at radius 2 is 2.00 bits per heavy atom. The maximum absolute atomic E-state index is 11.1. The number of hydrogen-bond acceptors (Lipinski definition) is 4. The van der Waals surface area contributed by atoms with Gasteiger partial charge in [-0.1, -0.05) is 19.8 Å². The predicted molar refractivity (Wildman–Crippen MR) is 62.2 cm³/mol. The summed E-state index contributed by atoms with van der Waals surface area (Å²) in [5.74, 6) is -0.253. The summed E-state index contributed by atoms with van der Waals surface area (Å²) in [6.45, 7) is 4.30. The van der Waals surface area contributed by atoms with E-state index < -0.39 is 5.72 Å². The highest BCUT2D eigenvalue weighted by atomic mass is 16.6. The molecule has 0 spiro atoms. The van der Waals surface area contributed by atoms with E-state index in [-0.39, 0.29) is 5.97 Å². The van der Waals surface area contributed by atoms with E-state index in [1.807, 2.05) is 0 Å². The van der Waals surface area contributed by atoms with Crippen LogP contribution in [0.5, 0.6) is 0 Å². The summed E-state index contributed by atoms with van der Waals surface area (Å²) in [5.41, 5.74) is -0.641. The van der Waals surface area contributed by atoms with Crippen LogP contribution < -0.4 is 0 Å². The van der Waals surface area contributed by atoms with Crippen LogP contribution in [0.15, 0.2) is 10.2 Å². The summed E-state index contributed by atoms with van der Waals surface area (Å²) < 4.78 is 5.36. The number of nitrogens with zero attached hydrogens (tertiary/aromatic N) is 2. The van der Waals surface area contributed by atoms with Crippen LogP contribution in [0.2, 0.25) is 0 Å². The molecule has 1 aliphatic rings. The van der Waals surface area contributed by atoms with Crippen molar-refractivity contribution in [1.29, 1.82) is 0 Å². The summed E-state index contributed by atoms with van der Waals surface area (Å²) in [5, 5.41) is 8.43. The number of carbonyl (C=O) groups is 1. The second-order valence-electron chi connectivity index (χ2n) is 4.42. The van der Waals surface area contributed by atoms with Crippen LogP contribution in [0.25, 0.3) is 0 Å². The van der Waals surface area contributed by atoms with E-state index in [2.05, 4.69) is 17.2 Å². The first-order chi connectivity index (χ1) is 7.68. The van der Waals surface area contributed by atoms with Crippen LogP contribution in [0.4, 0.5) is 0 Å². The van der Waals surface area contributed by atoms with Gasteiger partial charge in [-0.3, -0.25) is 4.79 Å². The quantitative estimate of drug-likeness (QED) is 0.409. The van der Waals surface area contributed by atoms with Crippen LogP contribution in [0.1, 0.15) is 58.8 Å². The van der Waals surface area contributed by atoms with Gasteiger partial charge >= 0.3 is 5.97 Å². The number of azo groups is 1. The number of rotatable bonds is 5. The minimum absolute atomic E-state index is 0.253. The van der Waals surface area contributed by atoms with E-state index in [9.17, 15) is 4.79 Å². The first-order valence-electron chi connectivity index (χ1n) is 6.27. The van der Waals surface area contributed by atoms with Gasteiger partial charge in [-0.2, -0.15) is 5.11 Å². The Bertz CT molecular complexity index is 245. The zero-order valence-electron chi connectivity index (χ0n) is 10.4. The number of unbranched alkanes of at least 4 members (excludes halogenated alkanes) is 1. The molecule has 16 heavy (non-hydrogen) atoms. The Labute approximate surface area is 97.5 Å². The highest BCUT2D eigenvalue weighted by Gasteiger charge is 2.35. The molecule has 0 aromatic rings. The highest BCUT2D eigenvalue weighted by molar-refractivity contribution is 5.66. The molecule has 92 valence electrons. The third kappa shape index (κ3) is 4.29. The molecule has 4 heteroatoms. The van der Waals surface area contributed by atoms with Crippen molar-refractivity contribution in [3.63, 3.8) is 0 Å². The fourth-order valence-electron chi connectivity index (χ4n) is 2.00. The molecule has 0 N–H and O–H groups in total. The molecule has 0 amide bonds. The van der Waals surface area contributed by atoms with Crippen molar-refractivity contribution < 1.29 is 9.53 Å². The largest absolute Gasteiger partial charge is 0.436 e. The van der Waals surface area contributed by atoms with Crippen molar-refractivity contribution in [2.45, 2.75) is 64.5 Å². The van der Waals surface area contributed by atoms with Crippen molar-refractivity contribution in [3.05, 3.63) is 0 Å². The Kier molecular flexibility index (Phi) is 5.43. The number of hydrogen-bond donors (Lipinski definition) is 0. The third-order valence-corrected chi connectivity index (χ3v) is 2.83. The summed E-state index contributed by atoms with van der Waals surface area (Å²) >= 11 is 0. The van der Waals surface area contributed by atoms with Gasteiger partial charge in [-0.25, -0.2) is 0 Å². The Morgan fingerprint density at radius 1 is 1.31 bits per heavy atom. The van der Waals surface area contributed by atoms with Gasteiger partial charge in [-0.05, 0) is 19.3 Å². The summed E-state index contributed by atoms with van der Waals surface area (Å²) in [7, 11) is 0. The molecule has 0 saturated heterocycles. The van der Waals surface area contributed by atoms with E-state index in [4.69, 9.17) is 4.74 Å². The van der Waals surface area contributed by atoms with Crippen LogP contribution >= 0.6 is 0 Å². The normalized spacial score (nSPS) is 19.9. The van der Waals surface area contributed by atoms with Gasteiger partial charge in [0.15, 0.2) is 0 Å². The van der Waals surface area contributed by atoms with Gasteiger partial charge in [0.2, 0.25) is 5.72 Å². The molecule has 1 saturated carbocycles. The average Bonchev–Trinajstić information content (AvgIpc) is 2.25. The Hall–Kier alpha value is -0.930. The average molecular weight is 226 g/mol. The van der Waals surface area contributed by atoms with Crippen LogP contribution in [0, 0.1) is 0 Å². The van der Waals surface area contributed by atoms with Crippen molar-refractivity contribution in [2.24, 2.45) is 10.2 Å². The Balaban J connectivity index is 2.55. The molecule has 0 aromatic heterocycles. The van der Waals surface area contributed by atoms with Crippen LogP contribution in [-0.4, -0.2) is 18.2 Å². The lowest BCUT2D eigenvalue weighted by molar-refractivity contribution is -0.160. The Morgan fingerprint density at radius 3 is 2.56 bits per heavy atom. The minimum Gasteiger partial charge on any atom is -0.436 e. The first kappa shape index (κ1) is 13.1. The lowest BCUT2D eigenvalue weighted by Crippen LogP contribution is -2.34. The molecule has 0 unspecified atom stereocenters. The van der Waals surface area contributed by atoms with Crippen LogP contribution in [0.3, 0.4) is 0 Å². The summed E-state index contributed by atoms with van der Waals surface area (Å²) in [6, 6.07) is 0. The molecular weight excluding hydrogens is 204 g/mol. The van der Waals surface area contributed by atoms with Crippen molar-refractivity contribution in [1.82, 2.24) is 0 Å².